The highest BCUT2D eigenvalue weighted by molar-refractivity contribution is 6.30. The molecule has 32 heavy (non-hydrogen) atoms. The molecule has 1 saturated heterocycles. The van der Waals surface area contributed by atoms with Crippen molar-refractivity contribution in [3.8, 4) is 11.3 Å². The van der Waals surface area contributed by atoms with E-state index < -0.39 is 35.4 Å². The molecule has 1 aromatic carbocycles. The fraction of sp³-hybridized carbons (Fsp3) is 0.455. The van der Waals surface area contributed by atoms with Gasteiger partial charge in [0.2, 0.25) is 0 Å². The van der Waals surface area contributed by atoms with Gasteiger partial charge in [-0.1, -0.05) is 11.6 Å². The summed E-state index contributed by atoms with van der Waals surface area (Å²) in [6.07, 6.45) is 0.327. The molecular formula is C22H25ClFN3O5. The molecule has 1 aliphatic rings. The number of ether oxygens (including phenoxy) is 2. The van der Waals surface area contributed by atoms with Gasteiger partial charge in [0.1, 0.15) is 22.4 Å². The largest absolute Gasteiger partial charge is 0.465 e. The van der Waals surface area contributed by atoms with Crippen molar-refractivity contribution in [3.63, 3.8) is 0 Å². The maximum absolute atomic E-state index is 14.4. The van der Waals surface area contributed by atoms with Crippen molar-refractivity contribution in [2.24, 2.45) is 5.41 Å². The van der Waals surface area contributed by atoms with Crippen molar-refractivity contribution in [1.82, 2.24) is 10.2 Å². The minimum atomic E-state index is -1.14. The molecule has 3 rings (SSSR count). The van der Waals surface area contributed by atoms with Crippen LogP contribution in [-0.4, -0.2) is 59.6 Å². The molecule has 1 fully saturated rings. The molecule has 0 radical (unpaired) electrons. The zero-order valence-corrected chi connectivity index (χ0v) is 19.1. The van der Waals surface area contributed by atoms with Gasteiger partial charge in [-0.05, 0) is 45.0 Å². The summed E-state index contributed by atoms with van der Waals surface area (Å²) in [4.78, 5) is 26.7. The third-order valence-electron chi connectivity index (χ3n) is 5.05. The van der Waals surface area contributed by atoms with Crippen molar-refractivity contribution in [2.75, 3.05) is 31.7 Å². The predicted molar refractivity (Wildman–Crippen MR) is 116 cm³/mol. The average Bonchev–Trinajstić information content (AvgIpc) is 3.08. The first kappa shape index (κ1) is 23.9. The van der Waals surface area contributed by atoms with Crippen LogP contribution < -0.4 is 4.90 Å². The number of carbonyl (C=O) groups excluding carboxylic acids is 2. The van der Waals surface area contributed by atoms with E-state index in [-0.39, 0.29) is 35.8 Å². The minimum Gasteiger partial charge on any atom is -0.465 e. The SMILES string of the molecule is CN(CC1(CO)CCOC1=O)c1nnc(-c2cc(Cl)ccc2F)cc1C(=O)OC(C)(C)C. The number of rotatable bonds is 6. The first-order valence-corrected chi connectivity index (χ1v) is 10.4. The summed E-state index contributed by atoms with van der Waals surface area (Å²) in [5, 5.41) is 18.4. The van der Waals surface area contributed by atoms with Gasteiger partial charge in [-0.3, -0.25) is 4.79 Å². The van der Waals surface area contributed by atoms with Gasteiger partial charge in [0.05, 0.1) is 18.9 Å². The number of halogens is 2. The van der Waals surface area contributed by atoms with Gasteiger partial charge in [0.15, 0.2) is 5.82 Å². The third-order valence-corrected chi connectivity index (χ3v) is 5.28. The van der Waals surface area contributed by atoms with E-state index in [2.05, 4.69) is 10.2 Å². The Labute approximate surface area is 190 Å². The summed E-state index contributed by atoms with van der Waals surface area (Å²) >= 11 is 6.00. The van der Waals surface area contributed by atoms with E-state index >= 15 is 0 Å². The molecule has 1 atom stereocenters. The van der Waals surface area contributed by atoms with Crippen LogP contribution in [0.4, 0.5) is 10.2 Å². The third kappa shape index (κ3) is 4.99. The maximum atomic E-state index is 14.4. The lowest BCUT2D eigenvalue weighted by Gasteiger charge is -2.30. The lowest BCUT2D eigenvalue weighted by molar-refractivity contribution is -0.147. The van der Waals surface area contributed by atoms with Crippen LogP contribution in [0.1, 0.15) is 37.6 Å². The Bertz CT molecular complexity index is 1040. The van der Waals surface area contributed by atoms with E-state index in [4.69, 9.17) is 21.1 Å². The molecule has 1 aliphatic heterocycles. The molecule has 10 heteroatoms. The van der Waals surface area contributed by atoms with Crippen LogP contribution in [0.2, 0.25) is 5.02 Å². The Morgan fingerprint density at radius 1 is 1.34 bits per heavy atom. The van der Waals surface area contributed by atoms with Crippen LogP contribution >= 0.6 is 11.6 Å². The van der Waals surface area contributed by atoms with Crippen molar-refractivity contribution >= 4 is 29.4 Å². The second kappa shape index (κ2) is 8.99. The van der Waals surface area contributed by atoms with Gasteiger partial charge in [0, 0.05) is 30.6 Å². The summed E-state index contributed by atoms with van der Waals surface area (Å²) in [5.74, 6) is -1.66. The number of esters is 2. The smallest absolute Gasteiger partial charge is 0.342 e. The highest BCUT2D eigenvalue weighted by atomic mass is 35.5. The van der Waals surface area contributed by atoms with Gasteiger partial charge >= 0.3 is 11.9 Å². The number of cyclic esters (lactones) is 1. The van der Waals surface area contributed by atoms with Crippen LogP contribution in [0, 0.1) is 11.2 Å². The Kier molecular flexibility index (Phi) is 6.71. The van der Waals surface area contributed by atoms with Gasteiger partial charge in [0.25, 0.3) is 0 Å². The highest BCUT2D eigenvalue weighted by Crippen LogP contribution is 2.33. The summed E-state index contributed by atoms with van der Waals surface area (Å²) in [7, 11) is 1.61. The quantitative estimate of drug-likeness (QED) is 0.648. The molecule has 1 unspecified atom stereocenters. The minimum absolute atomic E-state index is 0.0336. The van der Waals surface area contributed by atoms with E-state index in [9.17, 15) is 19.1 Å². The molecule has 1 aromatic heterocycles. The van der Waals surface area contributed by atoms with Gasteiger partial charge in [-0.25, -0.2) is 9.18 Å². The number of nitrogens with zero attached hydrogens (tertiary/aromatic N) is 3. The van der Waals surface area contributed by atoms with Gasteiger partial charge in [-0.2, -0.15) is 0 Å². The molecular weight excluding hydrogens is 441 g/mol. The Balaban J connectivity index is 2.05. The van der Waals surface area contributed by atoms with Crippen molar-refractivity contribution in [3.05, 3.63) is 40.7 Å². The lowest BCUT2D eigenvalue weighted by atomic mass is 9.87. The number of anilines is 1. The monoisotopic (exact) mass is 465 g/mol. The summed E-state index contributed by atoms with van der Waals surface area (Å²) in [5.41, 5.74) is -1.72. The number of aliphatic hydroxyl groups is 1. The lowest BCUT2D eigenvalue weighted by Crippen LogP contribution is -2.43. The summed E-state index contributed by atoms with van der Waals surface area (Å²) in [6, 6.07) is 5.36. The predicted octanol–water partition coefficient (Wildman–Crippen LogP) is 3.25. The molecule has 0 saturated carbocycles. The second-order valence-electron chi connectivity index (χ2n) is 8.77. The molecule has 0 amide bonds. The van der Waals surface area contributed by atoms with Crippen molar-refractivity contribution < 1.29 is 28.6 Å². The normalized spacial score (nSPS) is 18.4. The van der Waals surface area contributed by atoms with Crippen molar-refractivity contribution in [2.45, 2.75) is 32.8 Å². The van der Waals surface area contributed by atoms with Crippen LogP contribution in [0.15, 0.2) is 24.3 Å². The molecule has 172 valence electrons. The van der Waals surface area contributed by atoms with E-state index in [1.54, 1.807) is 27.8 Å². The van der Waals surface area contributed by atoms with E-state index in [1.165, 1.54) is 29.2 Å². The Hall–Kier alpha value is -2.78. The number of benzene rings is 1. The number of aromatic nitrogens is 2. The fourth-order valence-corrected chi connectivity index (χ4v) is 3.61. The molecule has 0 aliphatic carbocycles. The van der Waals surface area contributed by atoms with Crippen LogP contribution in [-0.2, 0) is 14.3 Å². The number of aliphatic hydroxyl groups excluding tert-OH is 1. The molecule has 8 nitrogen and oxygen atoms in total. The Morgan fingerprint density at radius 3 is 2.66 bits per heavy atom. The van der Waals surface area contributed by atoms with E-state index in [0.717, 1.165) is 0 Å². The molecule has 2 aromatic rings. The topological polar surface area (TPSA) is 102 Å². The zero-order chi connectivity index (χ0) is 23.7. The standard InChI is InChI=1S/C22H25ClFN3O5/c1-21(2,3)32-19(29)15-10-17(14-9-13(23)5-6-16(14)24)25-26-18(15)27(4)11-22(12-28)7-8-31-20(22)30/h5-6,9-10,28H,7-8,11-12H2,1-4H3. The molecule has 2 heterocycles. The molecule has 0 bridgehead atoms. The first-order chi connectivity index (χ1) is 15.0. The van der Waals surface area contributed by atoms with Crippen LogP contribution in [0.25, 0.3) is 11.3 Å². The van der Waals surface area contributed by atoms with E-state index in [0.29, 0.717) is 11.4 Å². The second-order valence-corrected chi connectivity index (χ2v) is 9.21. The summed E-state index contributed by atoms with van der Waals surface area (Å²) in [6.45, 7) is 4.97. The van der Waals surface area contributed by atoms with Gasteiger partial charge < -0.3 is 19.5 Å². The fourth-order valence-electron chi connectivity index (χ4n) is 3.44. The Morgan fingerprint density at radius 2 is 2.06 bits per heavy atom. The molecule has 1 N–H and O–H groups in total. The van der Waals surface area contributed by atoms with Crippen LogP contribution in [0.3, 0.4) is 0 Å². The van der Waals surface area contributed by atoms with Crippen molar-refractivity contribution in [1.29, 1.82) is 0 Å². The van der Waals surface area contributed by atoms with Gasteiger partial charge in [-0.15, -0.1) is 10.2 Å². The first-order valence-electron chi connectivity index (χ1n) is 10.0. The number of hydrogen-bond acceptors (Lipinski definition) is 8. The number of carbonyl (C=O) groups is 2. The van der Waals surface area contributed by atoms with E-state index in [1.807, 2.05) is 0 Å². The summed E-state index contributed by atoms with van der Waals surface area (Å²) < 4.78 is 24.9. The highest BCUT2D eigenvalue weighted by Gasteiger charge is 2.45. The average molecular weight is 466 g/mol. The van der Waals surface area contributed by atoms with Crippen LogP contribution in [0.5, 0.6) is 0 Å². The number of hydrogen-bond donors (Lipinski definition) is 1. The zero-order valence-electron chi connectivity index (χ0n) is 18.3. The maximum Gasteiger partial charge on any atom is 0.342 e. The molecule has 0 spiro atoms.